The van der Waals surface area contributed by atoms with Gasteiger partial charge in [0.25, 0.3) is 0 Å². The maximum absolute atomic E-state index is 11.6. The van der Waals surface area contributed by atoms with Gasteiger partial charge in [0.05, 0.1) is 5.75 Å². The van der Waals surface area contributed by atoms with E-state index < -0.39 is 0 Å². The molecule has 0 radical (unpaired) electrons. The molecule has 0 atom stereocenters. The number of hydrogen-bond acceptors (Lipinski definition) is 6. The Bertz CT molecular complexity index is 325. The predicted octanol–water partition coefficient (Wildman–Crippen LogP) is 0.0920. The van der Waals surface area contributed by atoms with E-state index in [-0.39, 0.29) is 24.2 Å². The first-order valence-corrected chi connectivity index (χ1v) is 10.0. The molecule has 0 aromatic heterocycles. The van der Waals surface area contributed by atoms with Gasteiger partial charge in [0.15, 0.2) is 0 Å². The molecule has 7 nitrogen and oxygen atoms in total. The van der Waals surface area contributed by atoms with Gasteiger partial charge in [0.1, 0.15) is 0 Å². The third-order valence-electron chi connectivity index (χ3n) is 3.22. The second kappa shape index (κ2) is 21.5. The molecular formula is C16H36ClN5O2S. The lowest BCUT2D eigenvalue weighted by molar-refractivity contribution is -0.119. The number of hydrogen-bond donors (Lipinski definition) is 5. The van der Waals surface area contributed by atoms with Crippen molar-refractivity contribution in [2.45, 2.75) is 32.6 Å². The normalized spacial score (nSPS) is 10.2. The SMILES string of the molecule is CC(=O)NCCSCC(=O)NCCCNCCCCNCCCN.Cl. The van der Waals surface area contributed by atoms with Crippen molar-refractivity contribution < 1.29 is 9.59 Å². The summed E-state index contributed by atoms with van der Waals surface area (Å²) in [5.74, 6) is 1.24. The van der Waals surface area contributed by atoms with Crippen molar-refractivity contribution in [1.82, 2.24) is 21.3 Å². The van der Waals surface area contributed by atoms with Crippen LogP contribution in [0.3, 0.4) is 0 Å². The monoisotopic (exact) mass is 397 g/mol. The first-order chi connectivity index (χ1) is 11.7. The summed E-state index contributed by atoms with van der Waals surface area (Å²) in [6, 6.07) is 0. The van der Waals surface area contributed by atoms with Crippen LogP contribution in [0.4, 0.5) is 0 Å². The van der Waals surface area contributed by atoms with E-state index in [1.165, 1.54) is 25.1 Å². The molecule has 0 aliphatic rings. The van der Waals surface area contributed by atoms with Crippen LogP contribution in [0, 0.1) is 0 Å². The average molecular weight is 398 g/mol. The molecule has 0 aromatic rings. The molecule has 0 fully saturated rings. The van der Waals surface area contributed by atoms with Crippen molar-refractivity contribution >= 4 is 36.0 Å². The van der Waals surface area contributed by atoms with Crippen molar-refractivity contribution in [3.05, 3.63) is 0 Å². The van der Waals surface area contributed by atoms with Gasteiger partial charge in [-0.1, -0.05) is 0 Å². The highest BCUT2D eigenvalue weighted by molar-refractivity contribution is 7.99. The molecule has 150 valence electrons. The zero-order valence-corrected chi connectivity index (χ0v) is 17.0. The molecular weight excluding hydrogens is 362 g/mol. The summed E-state index contributed by atoms with van der Waals surface area (Å²) in [5.41, 5.74) is 5.42. The van der Waals surface area contributed by atoms with Gasteiger partial charge in [-0.05, 0) is 58.4 Å². The Kier molecular flexibility index (Phi) is 23.0. The van der Waals surface area contributed by atoms with Crippen molar-refractivity contribution in [3.8, 4) is 0 Å². The zero-order chi connectivity index (χ0) is 17.9. The minimum absolute atomic E-state index is 0. The van der Waals surface area contributed by atoms with E-state index in [0.29, 0.717) is 18.8 Å². The standard InChI is InChI=1S/C16H35N5O2S.ClH/c1-15(22)20-12-13-24-14-16(23)21-11-5-10-19-8-3-2-7-18-9-4-6-17;/h18-19H,2-14,17H2,1H3,(H,20,22)(H,21,23);1H. The number of nitrogens with one attached hydrogen (secondary N) is 4. The molecule has 0 bridgehead atoms. The van der Waals surface area contributed by atoms with E-state index in [0.717, 1.165) is 57.7 Å². The van der Waals surface area contributed by atoms with E-state index in [2.05, 4.69) is 21.3 Å². The maximum atomic E-state index is 11.6. The lowest BCUT2D eigenvalue weighted by Gasteiger charge is -2.07. The molecule has 6 N–H and O–H groups in total. The van der Waals surface area contributed by atoms with E-state index in [9.17, 15) is 9.59 Å². The lowest BCUT2D eigenvalue weighted by atomic mass is 10.3. The van der Waals surface area contributed by atoms with E-state index in [1.54, 1.807) is 0 Å². The summed E-state index contributed by atoms with van der Waals surface area (Å²) in [6.07, 6.45) is 4.31. The molecule has 25 heavy (non-hydrogen) atoms. The number of halogens is 1. The van der Waals surface area contributed by atoms with Crippen LogP contribution in [0.5, 0.6) is 0 Å². The first kappa shape index (κ1) is 26.7. The molecule has 0 aliphatic heterocycles. The molecule has 0 rings (SSSR count). The number of nitrogens with two attached hydrogens (primary N) is 1. The van der Waals surface area contributed by atoms with Crippen molar-refractivity contribution in [3.63, 3.8) is 0 Å². The minimum atomic E-state index is -0.0320. The van der Waals surface area contributed by atoms with Gasteiger partial charge in [0.2, 0.25) is 11.8 Å². The van der Waals surface area contributed by atoms with E-state index >= 15 is 0 Å². The van der Waals surface area contributed by atoms with Crippen LogP contribution >= 0.6 is 24.2 Å². The number of carbonyl (C=O) groups excluding carboxylic acids is 2. The highest BCUT2D eigenvalue weighted by atomic mass is 35.5. The van der Waals surface area contributed by atoms with Crippen LogP contribution in [0.25, 0.3) is 0 Å². The van der Waals surface area contributed by atoms with Gasteiger partial charge < -0.3 is 27.0 Å². The van der Waals surface area contributed by atoms with Gasteiger partial charge >= 0.3 is 0 Å². The fraction of sp³-hybridized carbons (Fsp3) is 0.875. The number of amides is 2. The van der Waals surface area contributed by atoms with Gasteiger partial charge in [-0.3, -0.25) is 9.59 Å². The fourth-order valence-electron chi connectivity index (χ4n) is 1.93. The fourth-order valence-corrected chi connectivity index (χ4v) is 2.61. The summed E-state index contributed by atoms with van der Waals surface area (Å²) in [7, 11) is 0. The highest BCUT2D eigenvalue weighted by Crippen LogP contribution is 1.97. The molecule has 0 heterocycles. The Morgan fingerprint density at radius 1 is 0.840 bits per heavy atom. The van der Waals surface area contributed by atoms with Gasteiger partial charge in [0, 0.05) is 25.8 Å². The quantitative estimate of drug-likeness (QED) is 0.223. The maximum Gasteiger partial charge on any atom is 0.229 e. The third kappa shape index (κ3) is 23.5. The van der Waals surface area contributed by atoms with Crippen molar-refractivity contribution in [2.24, 2.45) is 5.73 Å². The van der Waals surface area contributed by atoms with E-state index in [4.69, 9.17) is 5.73 Å². The lowest BCUT2D eigenvalue weighted by Crippen LogP contribution is -2.29. The highest BCUT2D eigenvalue weighted by Gasteiger charge is 2.00. The summed E-state index contributed by atoms with van der Waals surface area (Å²) in [4.78, 5) is 22.2. The van der Waals surface area contributed by atoms with Crippen molar-refractivity contribution in [1.29, 1.82) is 0 Å². The Morgan fingerprint density at radius 3 is 2.04 bits per heavy atom. The molecule has 0 aliphatic carbocycles. The minimum Gasteiger partial charge on any atom is -0.356 e. The van der Waals surface area contributed by atoms with Crippen LogP contribution < -0.4 is 27.0 Å². The number of carbonyl (C=O) groups is 2. The molecule has 0 aromatic carbocycles. The largest absolute Gasteiger partial charge is 0.356 e. The van der Waals surface area contributed by atoms with E-state index in [1.807, 2.05) is 0 Å². The van der Waals surface area contributed by atoms with Gasteiger partial charge in [-0.25, -0.2) is 0 Å². The summed E-state index contributed by atoms with van der Waals surface area (Å²) >= 11 is 1.53. The summed E-state index contributed by atoms with van der Waals surface area (Å²) in [5, 5.41) is 12.4. The number of unbranched alkanes of at least 4 members (excludes halogenated alkanes) is 1. The molecule has 0 spiro atoms. The number of thioether (sulfide) groups is 1. The molecule has 9 heteroatoms. The molecule has 0 saturated carbocycles. The average Bonchev–Trinajstić information content (AvgIpc) is 2.55. The van der Waals surface area contributed by atoms with Crippen LogP contribution in [0.2, 0.25) is 0 Å². The zero-order valence-electron chi connectivity index (χ0n) is 15.4. The van der Waals surface area contributed by atoms with Crippen LogP contribution in [-0.2, 0) is 9.59 Å². The van der Waals surface area contributed by atoms with Gasteiger partial charge in [-0.2, -0.15) is 11.8 Å². The van der Waals surface area contributed by atoms with Crippen LogP contribution in [0.15, 0.2) is 0 Å². The summed E-state index contributed by atoms with van der Waals surface area (Å²) in [6.45, 7) is 7.57. The summed E-state index contributed by atoms with van der Waals surface area (Å²) < 4.78 is 0. The Labute approximate surface area is 162 Å². The van der Waals surface area contributed by atoms with Crippen LogP contribution in [-0.4, -0.2) is 69.1 Å². The first-order valence-electron chi connectivity index (χ1n) is 8.87. The second-order valence-electron chi connectivity index (χ2n) is 5.59. The number of rotatable bonds is 17. The predicted molar refractivity (Wildman–Crippen MR) is 110 cm³/mol. The Morgan fingerprint density at radius 2 is 1.44 bits per heavy atom. The molecule has 0 saturated heterocycles. The Hall–Kier alpha value is -0.540. The van der Waals surface area contributed by atoms with Crippen molar-refractivity contribution in [2.75, 3.05) is 57.3 Å². The van der Waals surface area contributed by atoms with Gasteiger partial charge in [-0.15, -0.1) is 12.4 Å². The smallest absolute Gasteiger partial charge is 0.229 e. The third-order valence-corrected chi connectivity index (χ3v) is 4.18. The second-order valence-corrected chi connectivity index (χ2v) is 6.69. The molecule has 0 unspecified atom stereocenters. The Balaban J connectivity index is 0. The molecule has 2 amide bonds. The topological polar surface area (TPSA) is 108 Å². The van der Waals surface area contributed by atoms with Crippen LogP contribution in [0.1, 0.15) is 32.6 Å².